The van der Waals surface area contributed by atoms with Gasteiger partial charge in [0.2, 0.25) is 0 Å². The van der Waals surface area contributed by atoms with Crippen LogP contribution in [0, 0.1) is 0 Å². The molecule has 5 rings (SSSR count). The van der Waals surface area contributed by atoms with Crippen molar-refractivity contribution in [1.82, 2.24) is 24.8 Å². The highest BCUT2D eigenvalue weighted by molar-refractivity contribution is 5.79. The van der Waals surface area contributed by atoms with Crippen LogP contribution in [0.15, 0.2) is 72.9 Å². The molecule has 0 aliphatic heterocycles. The lowest BCUT2D eigenvalue weighted by Gasteiger charge is -2.05. The maximum absolute atomic E-state index is 9.22. The molecule has 5 aromatic rings. The van der Waals surface area contributed by atoms with E-state index in [2.05, 4.69) is 33.4 Å². The van der Waals surface area contributed by atoms with Gasteiger partial charge in [-0.15, -0.1) is 10.2 Å². The number of aliphatic hydroxyl groups excluding tert-OH is 1. The second kappa shape index (κ2) is 6.83. The predicted molar refractivity (Wildman–Crippen MR) is 107 cm³/mol. The van der Waals surface area contributed by atoms with E-state index in [9.17, 15) is 5.11 Å². The number of hydrogen-bond acceptors (Lipinski definition) is 5. The summed E-state index contributed by atoms with van der Waals surface area (Å²) in [4.78, 5) is 4.37. The monoisotopic (exact) mass is 367 g/mol. The van der Waals surface area contributed by atoms with Crippen LogP contribution in [0.4, 0.5) is 0 Å². The first kappa shape index (κ1) is 16.5. The SMILES string of the molecule is OCc1ccc(-c2ccc3nnc(Cc4ccc5ncccc5c4)n3n2)cc1. The molecule has 0 atom stereocenters. The first-order valence-electron chi connectivity index (χ1n) is 9.05. The fraction of sp³-hybridized carbons (Fsp3) is 0.0909. The molecule has 0 amide bonds. The largest absolute Gasteiger partial charge is 0.392 e. The highest BCUT2D eigenvalue weighted by Crippen LogP contribution is 2.20. The average molecular weight is 367 g/mol. The summed E-state index contributed by atoms with van der Waals surface area (Å²) >= 11 is 0. The first-order chi connectivity index (χ1) is 13.8. The minimum atomic E-state index is 0.0314. The molecular weight excluding hydrogens is 350 g/mol. The van der Waals surface area contributed by atoms with Gasteiger partial charge in [-0.25, -0.2) is 0 Å². The zero-order chi connectivity index (χ0) is 18.9. The Morgan fingerprint density at radius 3 is 2.57 bits per heavy atom. The molecule has 0 spiro atoms. The van der Waals surface area contributed by atoms with Crippen molar-refractivity contribution in [3.05, 3.63) is 89.9 Å². The minimum Gasteiger partial charge on any atom is -0.392 e. The smallest absolute Gasteiger partial charge is 0.177 e. The summed E-state index contributed by atoms with van der Waals surface area (Å²) < 4.78 is 1.79. The quantitative estimate of drug-likeness (QED) is 0.527. The van der Waals surface area contributed by atoms with Crippen LogP contribution in [0.5, 0.6) is 0 Å². The van der Waals surface area contributed by atoms with E-state index in [0.717, 1.165) is 39.1 Å². The summed E-state index contributed by atoms with van der Waals surface area (Å²) in [7, 11) is 0. The second-order valence-electron chi connectivity index (χ2n) is 6.67. The van der Waals surface area contributed by atoms with Crippen LogP contribution in [-0.2, 0) is 13.0 Å². The Morgan fingerprint density at radius 2 is 1.71 bits per heavy atom. The topological polar surface area (TPSA) is 76.2 Å². The number of aliphatic hydroxyl groups is 1. The molecule has 3 aromatic heterocycles. The molecule has 6 nitrogen and oxygen atoms in total. The van der Waals surface area contributed by atoms with Gasteiger partial charge < -0.3 is 5.11 Å². The van der Waals surface area contributed by atoms with Crippen molar-refractivity contribution in [3.63, 3.8) is 0 Å². The number of nitrogens with zero attached hydrogens (tertiary/aromatic N) is 5. The molecule has 0 saturated carbocycles. The van der Waals surface area contributed by atoms with E-state index in [-0.39, 0.29) is 6.61 Å². The zero-order valence-electron chi connectivity index (χ0n) is 15.0. The molecule has 136 valence electrons. The summed E-state index contributed by atoms with van der Waals surface area (Å²) in [6, 6.07) is 21.8. The summed E-state index contributed by atoms with van der Waals surface area (Å²) in [5, 5.41) is 23.6. The van der Waals surface area contributed by atoms with Crippen molar-refractivity contribution < 1.29 is 5.11 Å². The number of aromatic nitrogens is 5. The van der Waals surface area contributed by atoms with Gasteiger partial charge in [0.05, 0.1) is 17.8 Å². The minimum absolute atomic E-state index is 0.0314. The number of rotatable bonds is 4. The summed E-state index contributed by atoms with van der Waals surface area (Å²) in [5.74, 6) is 0.784. The van der Waals surface area contributed by atoms with Crippen LogP contribution in [0.25, 0.3) is 27.8 Å². The maximum atomic E-state index is 9.22. The number of hydrogen-bond donors (Lipinski definition) is 1. The van der Waals surface area contributed by atoms with E-state index < -0.39 is 0 Å². The summed E-state index contributed by atoms with van der Waals surface area (Å²) in [5.41, 5.74) is 5.52. The van der Waals surface area contributed by atoms with E-state index in [4.69, 9.17) is 5.10 Å². The van der Waals surface area contributed by atoms with Crippen molar-refractivity contribution in [1.29, 1.82) is 0 Å². The van der Waals surface area contributed by atoms with Crippen molar-refractivity contribution in [3.8, 4) is 11.3 Å². The second-order valence-corrected chi connectivity index (χ2v) is 6.67. The fourth-order valence-electron chi connectivity index (χ4n) is 3.30. The Labute approximate surface area is 161 Å². The number of benzene rings is 2. The average Bonchev–Trinajstić information content (AvgIpc) is 3.16. The molecule has 2 aromatic carbocycles. The lowest BCUT2D eigenvalue weighted by atomic mass is 10.1. The number of pyridine rings is 1. The Morgan fingerprint density at radius 1 is 0.857 bits per heavy atom. The molecule has 0 aliphatic rings. The fourth-order valence-corrected chi connectivity index (χ4v) is 3.30. The Hall–Kier alpha value is -3.64. The number of fused-ring (bicyclic) bond motifs is 2. The van der Waals surface area contributed by atoms with Crippen molar-refractivity contribution in [2.24, 2.45) is 0 Å². The molecule has 0 fully saturated rings. The van der Waals surface area contributed by atoms with Crippen molar-refractivity contribution in [2.45, 2.75) is 13.0 Å². The molecule has 3 heterocycles. The molecular formula is C22H17N5O. The van der Waals surface area contributed by atoms with Gasteiger partial charge in [-0.1, -0.05) is 36.4 Å². The molecule has 6 heteroatoms. The van der Waals surface area contributed by atoms with Gasteiger partial charge in [-0.3, -0.25) is 4.98 Å². The molecule has 0 unspecified atom stereocenters. The molecule has 0 bridgehead atoms. The highest BCUT2D eigenvalue weighted by Gasteiger charge is 2.10. The van der Waals surface area contributed by atoms with Gasteiger partial charge in [0.15, 0.2) is 11.5 Å². The third kappa shape index (κ3) is 3.00. The van der Waals surface area contributed by atoms with Crippen LogP contribution < -0.4 is 0 Å². The molecule has 1 N–H and O–H groups in total. The van der Waals surface area contributed by atoms with Gasteiger partial charge in [0.1, 0.15) is 0 Å². The Bertz CT molecular complexity index is 1280. The standard InChI is InChI=1S/C22H17N5O/c28-14-15-3-6-17(7-4-15)20-9-10-21-24-25-22(27(21)26-20)13-16-5-8-19-18(12-16)2-1-11-23-19/h1-12,28H,13-14H2. The third-order valence-corrected chi connectivity index (χ3v) is 4.79. The van der Waals surface area contributed by atoms with Gasteiger partial charge in [0.25, 0.3) is 0 Å². The van der Waals surface area contributed by atoms with Gasteiger partial charge in [0, 0.05) is 23.6 Å². The van der Waals surface area contributed by atoms with Crippen LogP contribution in [-0.4, -0.2) is 29.9 Å². The van der Waals surface area contributed by atoms with Gasteiger partial charge in [-0.05, 0) is 41.5 Å². The van der Waals surface area contributed by atoms with Crippen LogP contribution in [0.3, 0.4) is 0 Å². The predicted octanol–water partition coefficient (Wildman–Crippen LogP) is 3.42. The Balaban J connectivity index is 1.51. The van der Waals surface area contributed by atoms with Crippen molar-refractivity contribution in [2.75, 3.05) is 0 Å². The van der Waals surface area contributed by atoms with E-state index in [0.29, 0.717) is 12.1 Å². The first-order valence-corrected chi connectivity index (χ1v) is 9.05. The van der Waals surface area contributed by atoms with E-state index in [1.165, 1.54) is 0 Å². The third-order valence-electron chi connectivity index (χ3n) is 4.79. The molecule has 0 aliphatic carbocycles. The van der Waals surface area contributed by atoms with Crippen LogP contribution in [0.1, 0.15) is 17.0 Å². The molecule has 0 saturated heterocycles. The lowest BCUT2D eigenvalue weighted by Crippen LogP contribution is -2.01. The zero-order valence-corrected chi connectivity index (χ0v) is 15.0. The van der Waals surface area contributed by atoms with Crippen molar-refractivity contribution >= 4 is 16.6 Å². The van der Waals surface area contributed by atoms with Crippen LogP contribution >= 0.6 is 0 Å². The van der Waals surface area contributed by atoms with Crippen LogP contribution in [0.2, 0.25) is 0 Å². The van der Waals surface area contributed by atoms with Gasteiger partial charge >= 0.3 is 0 Å². The van der Waals surface area contributed by atoms with Gasteiger partial charge in [-0.2, -0.15) is 9.61 Å². The normalized spacial score (nSPS) is 11.3. The molecule has 0 radical (unpaired) electrons. The molecule has 28 heavy (non-hydrogen) atoms. The Kier molecular flexibility index (Phi) is 4.03. The van der Waals surface area contributed by atoms with E-state index in [1.54, 1.807) is 10.7 Å². The lowest BCUT2D eigenvalue weighted by molar-refractivity contribution is 0.282. The maximum Gasteiger partial charge on any atom is 0.177 e. The van der Waals surface area contributed by atoms with E-state index in [1.807, 2.05) is 48.5 Å². The summed E-state index contributed by atoms with van der Waals surface area (Å²) in [6.07, 6.45) is 2.43. The van der Waals surface area contributed by atoms with E-state index >= 15 is 0 Å². The highest BCUT2D eigenvalue weighted by atomic mass is 16.3. The summed E-state index contributed by atoms with van der Waals surface area (Å²) in [6.45, 7) is 0.0314.